The van der Waals surface area contributed by atoms with Gasteiger partial charge in [-0.15, -0.1) is 0 Å². The molecule has 4 aromatic carbocycles. The molecule has 4 rings (SSSR count). The summed E-state index contributed by atoms with van der Waals surface area (Å²) in [7, 11) is -0.935. The van der Waals surface area contributed by atoms with Crippen LogP contribution in [-0.4, -0.2) is 6.34 Å². The van der Waals surface area contributed by atoms with E-state index < -0.39 is 8.07 Å². The van der Waals surface area contributed by atoms with Crippen molar-refractivity contribution in [2.24, 2.45) is 4.99 Å². The molecule has 0 amide bonds. The molecule has 208 valence electrons. The lowest BCUT2D eigenvalue weighted by molar-refractivity contribution is 0.833. The van der Waals surface area contributed by atoms with Gasteiger partial charge in [0.1, 0.15) is 0 Å². The van der Waals surface area contributed by atoms with Crippen molar-refractivity contribution < 1.29 is 0 Å². The van der Waals surface area contributed by atoms with E-state index in [1.165, 1.54) is 38.6 Å². The lowest BCUT2D eigenvalue weighted by Gasteiger charge is -2.35. The van der Waals surface area contributed by atoms with Crippen molar-refractivity contribution >= 4 is 36.4 Å². The van der Waals surface area contributed by atoms with Crippen LogP contribution >= 0.6 is 8.07 Å². The smallest absolute Gasteiger partial charge is 0.0996 e. The van der Waals surface area contributed by atoms with Crippen LogP contribution in [0.5, 0.6) is 0 Å². The molecule has 0 heterocycles. The number of hydrogen-bond acceptors (Lipinski definition) is 1. The number of rotatable bonds is 10. The molecular weight excluding hydrogens is 503 g/mol. The monoisotopic (exact) mass is 548 g/mol. The quantitative estimate of drug-likeness (QED) is 0.109. The van der Waals surface area contributed by atoms with Gasteiger partial charge in [0, 0.05) is 10.6 Å². The van der Waals surface area contributed by atoms with E-state index in [2.05, 4.69) is 163 Å². The highest BCUT2D eigenvalue weighted by Gasteiger charge is 2.28. The van der Waals surface area contributed by atoms with Crippen LogP contribution in [0.1, 0.15) is 101 Å². The zero-order valence-corrected chi connectivity index (χ0v) is 26.4. The van der Waals surface area contributed by atoms with Crippen molar-refractivity contribution in [3.63, 3.8) is 0 Å². The van der Waals surface area contributed by atoms with E-state index in [1.807, 2.05) is 0 Å². The fourth-order valence-corrected chi connectivity index (χ4v) is 7.59. The van der Waals surface area contributed by atoms with E-state index in [1.54, 1.807) is 0 Å². The van der Waals surface area contributed by atoms with Crippen molar-refractivity contribution in [2.45, 2.75) is 79.1 Å². The molecule has 0 spiro atoms. The Morgan fingerprint density at radius 2 is 0.875 bits per heavy atom. The second kappa shape index (κ2) is 13.4. The van der Waals surface area contributed by atoms with E-state index in [0.29, 0.717) is 23.7 Å². The van der Waals surface area contributed by atoms with Crippen LogP contribution in [0.25, 0.3) is 0 Å². The molecule has 0 atom stereocenters. The highest BCUT2D eigenvalue weighted by molar-refractivity contribution is 7.75. The van der Waals surface area contributed by atoms with Crippen molar-refractivity contribution in [3.05, 3.63) is 119 Å². The van der Waals surface area contributed by atoms with E-state index >= 15 is 0 Å². The summed E-state index contributed by atoms with van der Waals surface area (Å²) in [5.41, 5.74) is 7.72. The SMILES string of the molecule is CC(C)c1cccc(C(C)C)c1N=CN(c1c(C(C)C)cccc1C(C)C)P(c1ccccc1)c1ccccc1. The maximum absolute atomic E-state index is 5.42. The summed E-state index contributed by atoms with van der Waals surface area (Å²) in [6.07, 6.45) is 2.16. The Bertz CT molecular complexity index is 1310. The molecule has 0 N–H and O–H groups in total. The van der Waals surface area contributed by atoms with Crippen LogP contribution in [-0.2, 0) is 0 Å². The molecule has 0 radical (unpaired) electrons. The van der Waals surface area contributed by atoms with Gasteiger partial charge in [-0.3, -0.25) is 0 Å². The van der Waals surface area contributed by atoms with Gasteiger partial charge in [-0.05, 0) is 45.9 Å². The standard InChI is InChI=1S/C37H45N2P/c1-26(2)32-21-15-22-33(27(3)4)36(32)38-25-39(37-34(28(5)6)23-16-24-35(37)29(7)8)40(30-17-11-9-12-18-30)31-19-13-10-14-20-31/h9-29H,1-8H3. The lowest BCUT2D eigenvalue weighted by atomic mass is 9.92. The third-order valence-corrected chi connectivity index (χ3v) is 9.74. The number of para-hydroxylation sites is 2. The minimum atomic E-state index is -0.935. The molecule has 0 fully saturated rings. The van der Waals surface area contributed by atoms with Crippen molar-refractivity contribution in [3.8, 4) is 0 Å². The molecular formula is C37H45N2P. The van der Waals surface area contributed by atoms with Crippen molar-refractivity contribution in [1.29, 1.82) is 0 Å². The molecule has 0 aliphatic heterocycles. The Kier molecular flexibility index (Phi) is 9.99. The van der Waals surface area contributed by atoms with Gasteiger partial charge in [-0.1, -0.05) is 152 Å². The fraction of sp³-hybridized carbons (Fsp3) is 0.324. The first kappa shape index (κ1) is 29.8. The van der Waals surface area contributed by atoms with Crippen LogP contribution in [0, 0.1) is 0 Å². The Morgan fingerprint density at radius 3 is 1.25 bits per heavy atom. The maximum Gasteiger partial charge on any atom is 0.0996 e. The summed E-state index contributed by atoms with van der Waals surface area (Å²) in [4.78, 5) is 5.42. The number of nitrogens with zero attached hydrogens (tertiary/aromatic N) is 2. The largest absolute Gasteiger partial charge is 0.302 e. The lowest BCUT2D eigenvalue weighted by Crippen LogP contribution is -2.29. The molecule has 4 aromatic rings. The van der Waals surface area contributed by atoms with Crippen LogP contribution in [0.15, 0.2) is 102 Å². The third kappa shape index (κ3) is 6.56. The maximum atomic E-state index is 5.42. The second-order valence-corrected chi connectivity index (χ2v) is 13.8. The first-order chi connectivity index (χ1) is 19.2. The number of hydrogen-bond donors (Lipinski definition) is 0. The summed E-state index contributed by atoms with van der Waals surface area (Å²) < 4.78 is 2.52. The van der Waals surface area contributed by atoms with Crippen LogP contribution < -0.4 is 15.3 Å². The average Bonchev–Trinajstić information content (AvgIpc) is 2.95. The second-order valence-electron chi connectivity index (χ2n) is 11.8. The summed E-state index contributed by atoms with van der Waals surface area (Å²) in [5.74, 6) is 1.53. The van der Waals surface area contributed by atoms with Gasteiger partial charge < -0.3 is 4.67 Å². The molecule has 0 aliphatic carbocycles. The molecule has 2 nitrogen and oxygen atoms in total. The Balaban J connectivity index is 2.06. The molecule has 0 saturated heterocycles. The molecule has 0 aromatic heterocycles. The fourth-order valence-electron chi connectivity index (χ4n) is 5.30. The minimum Gasteiger partial charge on any atom is -0.302 e. The topological polar surface area (TPSA) is 15.6 Å². The van der Waals surface area contributed by atoms with Crippen LogP contribution in [0.2, 0.25) is 0 Å². The van der Waals surface area contributed by atoms with Crippen LogP contribution in [0.3, 0.4) is 0 Å². The van der Waals surface area contributed by atoms with E-state index in [9.17, 15) is 0 Å². The predicted octanol–water partition coefficient (Wildman–Crippen LogP) is 10.4. The Hall–Kier alpha value is -3.22. The minimum absolute atomic E-state index is 0.377. The number of anilines is 1. The van der Waals surface area contributed by atoms with Gasteiger partial charge in [-0.25, -0.2) is 4.99 Å². The van der Waals surface area contributed by atoms with Gasteiger partial charge >= 0.3 is 0 Å². The number of aliphatic imine (C=N–C) groups is 1. The predicted molar refractivity (Wildman–Crippen MR) is 179 cm³/mol. The Labute approximate surface area is 244 Å². The van der Waals surface area contributed by atoms with Crippen molar-refractivity contribution in [1.82, 2.24) is 0 Å². The molecule has 3 heteroatoms. The zero-order valence-electron chi connectivity index (χ0n) is 25.5. The highest BCUT2D eigenvalue weighted by atomic mass is 31.1. The summed E-state index contributed by atoms with van der Waals surface area (Å²) in [6, 6.07) is 35.4. The zero-order chi connectivity index (χ0) is 28.8. The number of benzene rings is 4. The molecule has 0 aliphatic rings. The first-order valence-corrected chi connectivity index (χ1v) is 16.0. The molecule has 40 heavy (non-hydrogen) atoms. The summed E-state index contributed by atoms with van der Waals surface area (Å²) in [6.45, 7) is 18.3. The van der Waals surface area contributed by atoms with E-state index in [-0.39, 0.29) is 0 Å². The van der Waals surface area contributed by atoms with E-state index in [0.717, 1.165) is 5.69 Å². The molecule has 0 bridgehead atoms. The average molecular weight is 549 g/mol. The Morgan fingerprint density at radius 1 is 0.500 bits per heavy atom. The van der Waals surface area contributed by atoms with Crippen molar-refractivity contribution in [2.75, 3.05) is 4.67 Å². The summed E-state index contributed by atoms with van der Waals surface area (Å²) in [5, 5.41) is 2.62. The van der Waals surface area contributed by atoms with Gasteiger partial charge in [0.15, 0.2) is 0 Å². The third-order valence-electron chi connectivity index (χ3n) is 7.43. The van der Waals surface area contributed by atoms with Gasteiger partial charge in [-0.2, -0.15) is 0 Å². The van der Waals surface area contributed by atoms with Gasteiger partial charge in [0.05, 0.1) is 25.8 Å². The van der Waals surface area contributed by atoms with E-state index in [4.69, 9.17) is 4.99 Å². The first-order valence-electron chi connectivity index (χ1n) is 14.7. The normalized spacial score (nSPS) is 12.0. The van der Waals surface area contributed by atoms with Gasteiger partial charge in [0.25, 0.3) is 0 Å². The highest BCUT2D eigenvalue weighted by Crippen LogP contribution is 2.47. The summed E-state index contributed by atoms with van der Waals surface area (Å²) >= 11 is 0. The van der Waals surface area contributed by atoms with Crippen LogP contribution in [0.4, 0.5) is 11.4 Å². The van der Waals surface area contributed by atoms with Gasteiger partial charge in [0.2, 0.25) is 0 Å². The molecule has 0 saturated carbocycles. The molecule has 0 unspecified atom stereocenters.